The normalized spacial score (nSPS) is 11.4. The SMILES string of the molecule is c1ccc(-c2ccc(-c3nc(-c4ccc5c(c4)oc4cccc(-c6ccc(-c7ccccn7)cc6)c45)nc(-c4cccc5ccccc45)n3)cc2)cc1. The van der Waals surface area contributed by atoms with Crippen LogP contribution in [0, 0.1) is 0 Å². The Morgan fingerprint density at radius 2 is 0.981 bits per heavy atom. The number of nitrogens with zero attached hydrogens (tertiary/aromatic N) is 4. The Labute approximate surface area is 305 Å². The maximum Gasteiger partial charge on any atom is 0.164 e. The Bertz CT molecular complexity index is 2910. The monoisotopic (exact) mass is 678 g/mol. The van der Waals surface area contributed by atoms with Gasteiger partial charge in [0.15, 0.2) is 17.5 Å². The smallest absolute Gasteiger partial charge is 0.164 e. The summed E-state index contributed by atoms with van der Waals surface area (Å²) in [5.41, 5.74) is 10.9. The van der Waals surface area contributed by atoms with Gasteiger partial charge in [0.05, 0.1) is 5.69 Å². The van der Waals surface area contributed by atoms with Crippen molar-refractivity contribution in [2.45, 2.75) is 0 Å². The Balaban J connectivity index is 1.09. The second-order valence-corrected chi connectivity index (χ2v) is 13.1. The highest BCUT2D eigenvalue weighted by molar-refractivity contribution is 6.13. The van der Waals surface area contributed by atoms with Gasteiger partial charge in [0.2, 0.25) is 0 Å². The van der Waals surface area contributed by atoms with Gasteiger partial charge in [-0.1, -0.05) is 146 Å². The largest absolute Gasteiger partial charge is 0.456 e. The van der Waals surface area contributed by atoms with E-state index in [1.807, 2.05) is 48.7 Å². The van der Waals surface area contributed by atoms with Crippen molar-refractivity contribution in [3.05, 3.63) is 182 Å². The van der Waals surface area contributed by atoms with Gasteiger partial charge in [0.1, 0.15) is 11.2 Å². The number of benzene rings is 7. The van der Waals surface area contributed by atoms with Crippen LogP contribution in [0.4, 0.5) is 0 Å². The Kier molecular flexibility index (Phi) is 7.40. The third-order valence-electron chi connectivity index (χ3n) is 9.83. The fraction of sp³-hybridized carbons (Fsp3) is 0. The maximum atomic E-state index is 6.53. The summed E-state index contributed by atoms with van der Waals surface area (Å²) >= 11 is 0. The van der Waals surface area contributed by atoms with Gasteiger partial charge >= 0.3 is 0 Å². The van der Waals surface area contributed by atoms with Gasteiger partial charge in [-0.05, 0) is 63.4 Å². The number of rotatable bonds is 6. The van der Waals surface area contributed by atoms with Crippen LogP contribution in [-0.2, 0) is 0 Å². The van der Waals surface area contributed by atoms with Gasteiger partial charge in [-0.3, -0.25) is 4.98 Å². The van der Waals surface area contributed by atoms with E-state index < -0.39 is 0 Å². The number of fused-ring (bicyclic) bond motifs is 4. The fourth-order valence-corrected chi connectivity index (χ4v) is 7.18. The van der Waals surface area contributed by atoms with Gasteiger partial charge in [0.25, 0.3) is 0 Å². The molecule has 10 rings (SSSR count). The summed E-state index contributed by atoms with van der Waals surface area (Å²) in [6.45, 7) is 0. The molecule has 0 spiro atoms. The number of pyridine rings is 1. The first kappa shape index (κ1) is 30.6. The maximum absolute atomic E-state index is 6.53. The third kappa shape index (κ3) is 5.61. The lowest BCUT2D eigenvalue weighted by atomic mass is 9.97. The first-order valence-electron chi connectivity index (χ1n) is 17.6. The van der Waals surface area contributed by atoms with Crippen LogP contribution in [0.3, 0.4) is 0 Å². The molecule has 0 radical (unpaired) electrons. The molecule has 3 aromatic heterocycles. The van der Waals surface area contributed by atoms with E-state index in [-0.39, 0.29) is 0 Å². The van der Waals surface area contributed by atoms with Gasteiger partial charge in [0, 0.05) is 39.2 Å². The van der Waals surface area contributed by atoms with Crippen LogP contribution in [0.1, 0.15) is 0 Å². The molecule has 0 saturated heterocycles. The molecule has 0 saturated carbocycles. The average molecular weight is 679 g/mol. The summed E-state index contributed by atoms with van der Waals surface area (Å²) in [7, 11) is 0. The van der Waals surface area contributed by atoms with Gasteiger partial charge in [-0.15, -0.1) is 0 Å². The topological polar surface area (TPSA) is 64.7 Å². The summed E-state index contributed by atoms with van der Waals surface area (Å²) in [4.78, 5) is 19.8. The molecule has 3 heterocycles. The Hall–Kier alpha value is -7.24. The first-order chi connectivity index (χ1) is 26.2. The van der Waals surface area contributed by atoms with Crippen molar-refractivity contribution in [1.29, 1.82) is 0 Å². The predicted molar refractivity (Wildman–Crippen MR) is 215 cm³/mol. The summed E-state index contributed by atoms with van der Waals surface area (Å²) in [6.07, 6.45) is 1.82. The zero-order valence-electron chi connectivity index (χ0n) is 28.5. The minimum Gasteiger partial charge on any atom is -0.456 e. The van der Waals surface area contributed by atoms with Crippen LogP contribution in [0.5, 0.6) is 0 Å². The summed E-state index contributed by atoms with van der Waals surface area (Å²) in [6, 6.07) is 60.4. The van der Waals surface area contributed by atoms with Crippen LogP contribution >= 0.6 is 0 Å². The molecular formula is C48H30N4O. The number of furan rings is 1. The fourth-order valence-electron chi connectivity index (χ4n) is 7.18. The van der Waals surface area contributed by atoms with Crippen molar-refractivity contribution in [2.24, 2.45) is 0 Å². The Morgan fingerprint density at radius 3 is 1.81 bits per heavy atom. The van der Waals surface area contributed by atoms with Gasteiger partial charge in [-0.2, -0.15) is 0 Å². The lowest BCUT2D eigenvalue weighted by Crippen LogP contribution is -2.00. The van der Waals surface area contributed by atoms with E-state index in [4.69, 9.17) is 19.4 Å². The van der Waals surface area contributed by atoms with Crippen LogP contribution in [0.25, 0.3) is 100 Å². The minimum absolute atomic E-state index is 0.581. The third-order valence-corrected chi connectivity index (χ3v) is 9.83. The molecule has 0 atom stereocenters. The zero-order valence-corrected chi connectivity index (χ0v) is 28.5. The quantitative estimate of drug-likeness (QED) is 0.175. The minimum atomic E-state index is 0.581. The van der Waals surface area contributed by atoms with Crippen molar-refractivity contribution >= 4 is 32.7 Å². The second-order valence-electron chi connectivity index (χ2n) is 13.1. The predicted octanol–water partition coefficient (Wildman–Crippen LogP) is 12.3. The molecular weight excluding hydrogens is 649 g/mol. The average Bonchev–Trinajstić information content (AvgIpc) is 3.62. The molecule has 0 amide bonds. The van der Waals surface area contributed by atoms with Crippen molar-refractivity contribution in [1.82, 2.24) is 19.9 Å². The molecule has 5 nitrogen and oxygen atoms in total. The van der Waals surface area contributed by atoms with Crippen molar-refractivity contribution in [3.8, 4) is 67.7 Å². The molecule has 5 heteroatoms. The molecule has 0 N–H and O–H groups in total. The lowest BCUT2D eigenvalue weighted by molar-refractivity contribution is 0.669. The molecule has 0 fully saturated rings. The van der Waals surface area contributed by atoms with E-state index in [2.05, 4.69) is 138 Å². The highest BCUT2D eigenvalue weighted by Gasteiger charge is 2.18. The van der Waals surface area contributed by atoms with Crippen LogP contribution in [0.15, 0.2) is 187 Å². The van der Waals surface area contributed by atoms with Gasteiger partial charge in [-0.25, -0.2) is 15.0 Å². The first-order valence-corrected chi connectivity index (χ1v) is 17.6. The van der Waals surface area contributed by atoms with Crippen molar-refractivity contribution < 1.29 is 4.42 Å². The highest BCUT2D eigenvalue weighted by atomic mass is 16.3. The molecule has 10 aromatic rings. The zero-order chi connectivity index (χ0) is 35.1. The van der Waals surface area contributed by atoms with Crippen LogP contribution in [0.2, 0.25) is 0 Å². The standard InChI is InChI=1S/C48H30N4O/c1-2-10-31(11-3-1)32-19-25-36(26-20-32)46-50-47(52-48(51-46)40-16-8-13-33-12-4-5-14-38(33)40)37-27-28-41-44(30-37)53-43-18-9-15-39(45(41)43)34-21-23-35(24-22-34)42-17-6-7-29-49-42/h1-30H. The van der Waals surface area contributed by atoms with E-state index in [1.54, 1.807) is 0 Å². The van der Waals surface area contributed by atoms with Crippen LogP contribution < -0.4 is 0 Å². The molecule has 0 aliphatic heterocycles. The second kappa shape index (κ2) is 12.8. The highest BCUT2D eigenvalue weighted by Crippen LogP contribution is 2.39. The summed E-state index contributed by atoms with van der Waals surface area (Å²) < 4.78 is 6.53. The summed E-state index contributed by atoms with van der Waals surface area (Å²) in [5, 5.41) is 4.33. The number of aromatic nitrogens is 4. The van der Waals surface area contributed by atoms with Crippen LogP contribution in [-0.4, -0.2) is 19.9 Å². The van der Waals surface area contributed by atoms with Crippen molar-refractivity contribution in [2.75, 3.05) is 0 Å². The van der Waals surface area contributed by atoms with E-state index >= 15 is 0 Å². The Morgan fingerprint density at radius 1 is 0.358 bits per heavy atom. The molecule has 0 unspecified atom stereocenters. The van der Waals surface area contributed by atoms with E-state index in [0.29, 0.717) is 17.5 Å². The van der Waals surface area contributed by atoms with E-state index in [0.717, 1.165) is 82.9 Å². The summed E-state index contributed by atoms with van der Waals surface area (Å²) in [5.74, 6) is 1.81. The molecule has 0 aliphatic rings. The van der Waals surface area contributed by atoms with Gasteiger partial charge < -0.3 is 4.42 Å². The molecule has 0 aliphatic carbocycles. The number of hydrogen-bond acceptors (Lipinski definition) is 5. The molecule has 53 heavy (non-hydrogen) atoms. The van der Waals surface area contributed by atoms with Crippen molar-refractivity contribution in [3.63, 3.8) is 0 Å². The molecule has 7 aromatic carbocycles. The van der Waals surface area contributed by atoms with E-state index in [1.165, 1.54) is 0 Å². The molecule has 0 bridgehead atoms. The lowest BCUT2D eigenvalue weighted by Gasteiger charge is -2.11. The van der Waals surface area contributed by atoms with E-state index in [9.17, 15) is 0 Å². The molecule has 248 valence electrons. The number of hydrogen-bond donors (Lipinski definition) is 0.